The van der Waals surface area contributed by atoms with Gasteiger partial charge in [-0.1, -0.05) is 46.3 Å². The molecule has 0 aliphatic carbocycles. The summed E-state index contributed by atoms with van der Waals surface area (Å²) in [5, 5.41) is 3.75. The first-order valence-electron chi connectivity index (χ1n) is 6.20. The predicted octanol–water partition coefficient (Wildman–Crippen LogP) is 3.03. The molecule has 0 aromatic heterocycles. The highest BCUT2D eigenvalue weighted by Crippen LogP contribution is 2.22. The third-order valence-electron chi connectivity index (χ3n) is 2.59. The number of ether oxygens (including phenoxy) is 1. The Bertz CT molecular complexity index is 645. The van der Waals surface area contributed by atoms with Crippen LogP contribution >= 0.6 is 15.9 Å². The van der Waals surface area contributed by atoms with Crippen LogP contribution in [-0.4, -0.2) is 12.2 Å². The van der Waals surface area contributed by atoms with Gasteiger partial charge in [0.2, 0.25) is 0 Å². The Labute approximate surface area is 130 Å². The minimum absolute atomic E-state index is 0.451. The van der Waals surface area contributed by atoms with E-state index in [1.54, 1.807) is 0 Å². The van der Waals surface area contributed by atoms with Crippen molar-refractivity contribution in [2.24, 2.45) is 10.8 Å². The molecule has 3 N–H and O–H groups in total. The molecule has 0 radical (unpaired) electrons. The number of rotatable bonds is 5. The molecular weight excluding hydrogens is 334 g/mol. The van der Waals surface area contributed by atoms with E-state index in [9.17, 15) is 4.79 Å². The Kier molecular flexibility index (Phi) is 5.34. The number of nitrogens with zero attached hydrogens (tertiary/aromatic N) is 1. The summed E-state index contributed by atoms with van der Waals surface area (Å²) >= 11 is 3.38. The maximum Gasteiger partial charge on any atom is 0.332 e. The lowest BCUT2D eigenvalue weighted by Gasteiger charge is -2.09. The zero-order chi connectivity index (χ0) is 15.1. The van der Waals surface area contributed by atoms with E-state index in [1.165, 1.54) is 6.21 Å². The summed E-state index contributed by atoms with van der Waals surface area (Å²) in [6, 6.07) is 14.7. The minimum Gasteiger partial charge on any atom is -0.488 e. The van der Waals surface area contributed by atoms with Crippen LogP contribution in [0.15, 0.2) is 58.1 Å². The first kappa shape index (κ1) is 15.1. The fraction of sp³-hybridized carbons (Fsp3) is 0.0667. The number of hydrazone groups is 1. The summed E-state index contributed by atoms with van der Waals surface area (Å²) in [5.74, 6) is 0.664. The zero-order valence-electron chi connectivity index (χ0n) is 11.1. The molecule has 0 saturated carbocycles. The van der Waals surface area contributed by atoms with Crippen LogP contribution in [0.3, 0.4) is 0 Å². The Balaban J connectivity index is 2.11. The van der Waals surface area contributed by atoms with Crippen molar-refractivity contribution in [3.8, 4) is 5.75 Å². The standard InChI is InChI=1S/C15H14BrN3O2/c16-13-6-7-14(12(8-13)9-18-19-15(17)20)21-10-11-4-2-1-3-5-11/h1-9H,10H2,(H3,17,19,20)/b18-9-. The Hall–Kier alpha value is -2.34. The minimum atomic E-state index is -0.715. The number of benzene rings is 2. The monoisotopic (exact) mass is 347 g/mol. The van der Waals surface area contributed by atoms with Crippen LogP contribution in [0.25, 0.3) is 0 Å². The second-order valence-corrected chi connectivity index (χ2v) is 5.11. The quantitative estimate of drug-likeness (QED) is 0.644. The van der Waals surface area contributed by atoms with Crippen LogP contribution in [0.5, 0.6) is 5.75 Å². The molecule has 0 atom stereocenters. The number of primary amides is 1. The lowest BCUT2D eigenvalue weighted by Crippen LogP contribution is -2.24. The number of urea groups is 1. The van der Waals surface area contributed by atoms with Gasteiger partial charge < -0.3 is 10.5 Å². The summed E-state index contributed by atoms with van der Waals surface area (Å²) in [4.78, 5) is 10.6. The molecule has 2 aromatic carbocycles. The highest BCUT2D eigenvalue weighted by Gasteiger charge is 2.03. The number of hydrogen-bond acceptors (Lipinski definition) is 3. The van der Waals surface area contributed by atoms with Gasteiger partial charge in [0, 0.05) is 10.0 Å². The van der Waals surface area contributed by atoms with Crippen LogP contribution in [0.4, 0.5) is 4.79 Å². The third-order valence-corrected chi connectivity index (χ3v) is 3.08. The molecule has 0 unspecified atom stereocenters. The molecule has 6 heteroatoms. The molecule has 0 spiro atoms. The first-order valence-corrected chi connectivity index (χ1v) is 6.99. The largest absolute Gasteiger partial charge is 0.488 e. The smallest absolute Gasteiger partial charge is 0.332 e. The van der Waals surface area contributed by atoms with Crippen LogP contribution in [0.1, 0.15) is 11.1 Å². The number of carbonyl (C=O) groups excluding carboxylic acids is 1. The van der Waals surface area contributed by atoms with E-state index in [0.717, 1.165) is 15.6 Å². The van der Waals surface area contributed by atoms with Crippen LogP contribution < -0.4 is 15.9 Å². The van der Waals surface area contributed by atoms with Gasteiger partial charge in [-0.2, -0.15) is 5.10 Å². The fourth-order valence-corrected chi connectivity index (χ4v) is 2.03. The molecule has 2 amide bonds. The molecular formula is C15H14BrN3O2. The highest BCUT2D eigenvalue weighted by atomic mass is 79.9. The Morgan fingerprint density at radius 3 is 2.76 bits per heavy atom. The van der Waals surface area contributed by atoms with Gasteiger partial charge in [0.1, 0.15) is 12.4 Å². The van der Waals surface area contributed by atoms with Crippen molar-refractivity contribution in [3.63, 3.8) is 0 Å². The van der Waals surface area contributed by atoms with Gasteiger partial charge in [-0.25, -0.2) is 10.2 Å². The van der Waals surface area contributed by atoms with E-state index in [-0.39, 0.29) is 0 Å². The highest BCUT2D eigenvalue weighted by molar-refractivity contribution is 9.10. The van der Waals surface area contributed by atoms with Crippen molar-refractivity contribution in [2.75, 3.05) is 0 Å². The molecule has 0 bridgehead atoms. The number of nitrogens with two attached hydrogens (primary N) is 1. The lowest BCUT2D eigenvalue weighted by molar-refractivity contribution is 0.249. The zero-order valence-corrected chi connectivity index (χ0v) is 12.7. The summed E-state index contributed by atoms with van der Waals surface area (Å²) in [6.07, 6.45) is 1.48. The van der Waals surface area contributed by atoms with Gasteiger partial charge in [0.25, 0.3) is 0 Å². The summed E-state index contributed by atoms with van der Waals surface area (Å²) in [7, 11) is 0. The molecule has 21 heavy (non-hydrogen) atoms. The second kappa shape index (κ2) is 7.44. The van der Waals surface area contributed by atoms with Gasteiger partial charge in [0.05, 0.1) is 6.21 Å². The molecule has 108 valence electrons. The van der Waals surface area contributed by atoms with Crippen molar-refractivity contribution >= 4 is 28.2 Å². The fourth-order valence-electron chi connectivity index (χ4n) is 1.65. The van der Waals surface area contributed by atoms with Gasteiger partial charge in [-0.05, 0) is 23.8 Å². The number of hydrogen-bond donors (Lipinski definition) is 2. The van der Waals surface area contributed by atoms with E-state index in [4.69, 9.17) is 10.5 Å². The molecule has 2 aromatic rings. The number of halogens is 1. The number of amides is 2. The first-order chi connectivity index (χ1) is 10.1. The van der Waals surface area contributed by atoms with Gasteiger partial charge >= 0.3 is 6.03 Å². The maximum atomic E-state index is 10.6. The van der Waals surface area contributed by atoms with Crippen molar-refractivity contribution < 1.29 is 9.53 Å². The molecule has 2 rings (SSSR count). The van der Waals surface area contributed by atoms with Crippen molar-refractivity contribution in [2.45, 2.75) is 6.61 Å². The van der Waals surface area contributed by atoms with E-state index in [0.29, 0.717) is 12.4 Å². The van der Waals surface area contributed by atoms with Gasteiger partial charge in [-0.15, -0.1) is 0 Å². The Morgan fingerprint density at radius 2 is 2.05 bits per heavy atom. The number of nitrogens with one attached hydrogen (secondary N) is 1. The molecule has 0 heterocycles. The second-order valence-electron chi connectivity index (χ2n) is 4.19. The summed E-state index contributed by atoms with van der Waals surface area (Å²) in [6.45, 7) is 0.451. The average Bonchev–Trinajstić information content (AvgIpc) is 2.47. The number of carbonyl (C=O) groups is 1. The van der Waals surface area contributed by atoms with E-state index < -0.39 is 6.03 Å². The Morgan fingerprint density at radius 1 is 1.29 bits per heavy atom. The van der Waals surface area contributed by atoms with E-state index in [2.05, 4.69) is 26.5 Å². The maximum absolute atomic E-state index is 10.6. The van der Waals surface area contributed by atoms with Crippen molar-refractivity contribution in [1.29, 1.82) is 0 Å². The predicted molar refractivity (Wildman–Crippen MR) is 85.2 cm³/mol. The summed E-state index contributed by atoms with van der Waals surface area (Å²) in [5.41, 5.74) is 8.91. The molecule has 5 nitrogen and oxygen atoms in total. The van der Waals surface area contributed by atoms with Crippen LogP contribution in [0, 0.1) is 0 Å². The van der Waals surface area contributed by atoms with E-state index >= 15 is 0 Å². The average molecular weight is 348 g/mol. The van der Waals surface area contributed by atoms with Crippen molar-refractivity contribution in [1.82, 2.24) is 5.43 Å². The third kappa shape index (κ3) is 4.92. The lowest BCUT2D eigenvalue weighted by atomic mass is 10.2. The van der Waals surface area contributed by atoms with Crippen LogP contribution in [0.2, 0.25) is 0 Å². The molecule has 0 aliphatic heterocycles. The van der Waals surface area contributed by atoms with Gasteiger partial charge in [0.15, 0.2) is 0 Å². The SMILES string of the molecule is NC(=O)N/N=C\c1cc(Br)ccc1OCc1ccccc1. The van der Waals surface area contributed by atoms with Crippen molar-refractivity contribution in [3.05, 3.63) is 64.1 Å². The summed E-state index contributed by atoms with van der Waals surface area (Å²) < 4.78 is 6.66. The van der Waals surface area contributed by atoms with Crippen LogP contribution in [-0.2, 0) is 6.61 Å². The molecule has 0 saturated heterocycles. The van der Waals surface area contributed by atoms with E-state index in [1.807, 2.05) is 48.5 Å². The molecule has 0 fully saturated rings. The normalized spacial score (nSPS) is 10.5. The topological polar surface area (TPSA) is 76.7 Å². The molecule has 0 aliphatic rings. The van der Waals surface area contributed by atoms with Gasteiger partial charge in [-0.3, -0.25) is 0 Å².